The van der Waals surface area contributed by atoms with Crippen molar-refractivity contribution in [1.82, 2.24) is 34.3 Å². The van der Waals surface area contributed by atoms with E-state index in [0.29, 0.717) is 17.6 Å². The van der Waals surface area contributed by atoms with Gasteiger partial charge in [-0.1, -0.05) is 151 Å². The van der Waals surface area contributed by atoms with Crippen molar-refractivity contribution in [1.29, 1.82) is 0 Å². The smallest absolute Gasteiger partial charge is 0.238 e. The van der Waals surface area contributed by atoms with Crippen LogP contribution in [-0.2, 0) is 0 Å². The van der Waals surface area contributed by atoms with Crippen LogP contribution in [0.3, 0.4) is 0 Å². The molecule has 0 radical (unpaired) electrons. The van der Waals surface area contributed by atoms with E-state index in [1.54, 1.807) is 11.3 Å². The Hall–Kier alpha value is -7.29. The average Bonchev–Trinajstić information content (AvgIpc) is 3.98. The van der Waals surface area contributed by atoms with Gasteiger partial charge in [-0.05, 0) is 36.4 Å². The Labute approximate surface area is 319 Å². The fourth-order valence-electron chi connectivity index (χ4n) is 7.80. The van der Waals surface area contributed by atoms with Crippen molar-refractivity contribution in [2.24, 2.45) is 0 Å². The zero-order valence-corrected chi connectivity index (χ0v) is 30.1. The Balaban J connectivity index is 1.11. The Morgan fingerprint density at radius 3 is 1.35 bits per heavy atom. The van der Waals surface area contributed by atoms with Gasteiger partial charge in [-0.15, -0.1) is 10.2 Å². The van der Waals surface area contributed by atoms with Crippen LogP contribution in [-0.4, -0.2) is 34.3 Å². The molecular formula is C47H29N7S. The first-order valence-corrected chi connectivity index (χ1v) is 18.9. The molecule has 0 saturated carbocycles. The normalized spacial score (nSPS) is 11.6. The van der Waals surface area contributed by atoms with Crippen LogP contribution in [0.25, 0.3) is 99.2 Å². The largest absolute Gasteiger partial charge is 0.309 e. The summed E-state index contributed by atoms with van der Waals surface area (Å²) in [5.41, 5.74) is 9.31. The van der Waals surface area contributed by atoms with Crippen molar-refractivity contribution in [3.8, 4) is 55.6 Å². The molecule has 0 unspecified atom stereocenters. The van der Waals surface area contributed by atoms with Crippen LogP contribution in [0.2, 0.25) is 0 Å². The number of hydrogen-bond donors (Lipinski definition) is 0. The Morgan fingerprint density at radius 1 is 0.364 bits per heavy atom. The fraction of sp³-hybridized carbons (Fsp3) is 0. The van der Waals surface area contributed by atoms with E-state index in [9.17, 15) is 0 Å². The van der Waals surface area contributed by atoms with Gasteiger partial charge in [0.2, 0.25) is 5.95 Å². The molecule has 7 nitrogen and oxygen atoms in total. The highest BCUT2D eigenvalue weighted by atomic mass is 32.1. The summed E-state index contributed by atoms with van der Waals surface area (Å²) in [5, 5.41) is 16.0. The second-order valence-electron chi connectivity index (χ2n) is 13.4. The van der Waals surface area contributed by atoms with Crippen molar-refractivity contribution >= 4 is 54.9 Å². The van der Waals surface area contributed by atoms with Crippen molar-refractivity contribution in [3.05, 3.63) is 176 Å². The number of para-hydroxylation sites is 3. The summed E-state index contributed by atoms with van der Waals surface area (Å²) in [6, 6.07) is 60.5. The second-order valence-corrected chi connectivity index (χ2v) is 14.3. The van der Waals surface area contributed by atoms with Crippen molar-refractivity contribution in [3.63, 3.8) is 0 Å². The van der Waals surface area contributed by atoms with Gasteiger partial charge in [0.1, 0.15) is 10.0 Å². The summed E-state index contributed by atoms with van der Waals surface area (Å²) >= 11 is 1.61. The van der Waals surface area contributed by atoms with Gasteiger partial charge in [0, 0.05) is 49.5 Å². The van der Waals surface area contributed by atoms with Gasteiger partial charge in [0.05, 0.1) is 22.1 Å². The van der Waals surface area contributed by atoms with Crippen molar-refractivity contribution in [2.75, 3.05) is 0 Å². The molecule has 0 saturated heterocycles. The Kier molecular flexibility index (Phi) is 7.21. The molecule has 11 rings (SSSR count). The highest BCUT2D eigenvalue weighted by Crippen LogP contribution is 2.43. The molecule has 7 aromatic carbocycles. The Bertz CT molecular complexity index is 3140. The lowest BCUT2D eigenvalue weighted by Crippen LogP contribution is -2.06. The van der Waals surface area contributed by atoms with E-state index in [2.05, 4.69) is 124 Å². The topological polar surface area (TPSA) is 74.3 Å². The number of nitrogens with zero attached hydrogens (tertiary/aromatic N) is 7. The summed E-state index contributed by atoms with van der Waals surface area (Å²) in [6.07, 6.45) is 0. The first kappa shape index (κ1) is 31.3. The lowest BCUT2D eigenvalue weighted by atomic mass is 10.1. The van der Waals surface area contributed by atoms with E-state index in [0.717, 1.165) is 76.2 Å². The lowest BCUT2D eigenvalue weighted by Gasteiger charge is -2.11. The van der Waals surface area contributed by atoms with Crippen LogP contribution in [0, 0.1) is 0 Å². The van der Waals surface area contributed by atoms with E-state index in [4.69, 9.17) is 25.1 Å². The van der Waals surface area contributed by atoms with Gasteiger partial charge >= 0.3 is 0 Å². The van der Waals surface area contributed by atoms with E-state index in [-0.39, 0.29) is 0 Å². The summed E-state index contributed by atoms with van der Waals surface area (Å²) in [7, 11) is 0. The highest BCUT2D eigenvalue weighted by molar-refractivity contribution is 7.18. The molecule has 0 bridgehead atoms. The van der Waals surface area contributed by atoms with Gasteiger partial charge in [-0.25, -0.2) is 4.98 Å². The van der Waals surface area contributed by atoms with E-state index >= 15 is 0 Å². The first-order chi connectivity index (χ1) is 27.3. The van der Waals surface area contributed by atoms with E-state index < -0.39 is 0 Å². The molecule has 0 amide bonds. The second kappa shape index (κ2) is 12.7. The molecule has 0 atom stereocenters. The monoisotopic (exact) mass is 723 g/mol. The molecular weight excluding hydrogens is 695 g/mol. The van der Waals surface area contributed by atoms with Gasteiger partial charge in [0.25, 0.3) is 0 Å². The van der Waals surface area contributed by atoms with Crippen molar-refractivity contribution in [2.45, 2.75) is 0 Å². The van der Waals surface area contributed by atoms with Crippen LogP contribution >= 0.6 is 11.3 Å². The minimum absolute atomic E-state index is 0.551. The molecule has 258 valence electrons. The Morgan fingerprint density at radius 2 is 0.800 bits per heavy atom. The summed E-state index contributed by atoms with van der Waals surface area (Å²) in [4.78, 5) is 15.2. The minimum Gasteiger partial charge on any atom is -0.309 e. The molecule has 55 heavy (non-hydrogen) atoms. The average molecular weight is 724 g/mol. The van der Waals surface area contributed by atoms with Gasteiger partial charge in [-0.3, -0.25) is 4.57 Å². The minimum atomic E-state index is 0.551. The van der Waals surface area contributed by atoms with Crippen LogP contribution in [0.5, 0.6) is 0 Å². The molecule has 0 aliphatic rings. The predicted octanol–water partition coefficient (Wildman–Crippen LogP) is 11.6. The summed E-state index contributed by atoms with van der Waals surface area (Å²) in [5.74, 6) is 1.78. The van der Waals surface area contributed by atoms with Gasteiger partial charge in [-0.2, -0.15) is 9.97 Å². The summed E-state index contributed by atoms with van der Waals surface area (Å²) < 4.78 is 4.48. The molecule has 4 heterocycles. The molecule has 0 fully saturated rings. The van der Waals surface area contributed by atoms with Crippen LogP contribution in [0.4, 0.5) is 0 Å². The molecule has 11 aromatic rings. The standard InChI is InChI=1S/C47H29N7S/c1-4-16-30(17-5-1)43-48-44(31-18-6-2-7-19-31)50-47(49-43)54-38-27-13-11-23-34(38)42-36(25-15-29-40(42)54)46-52-51-45(55-46)35-24-14-28-39-41(35)33-22-10-12-26-37(33)53(39)32-20-8-3-9-21-32/h1-29H. The first-order valence-electron chi connectivity index (χ1n) is 18.1. The van der Waals surface area contributed by atoms with Crippen LogP contribution in [0.1, 0.15) is 0 Å². The quantitative estimate of drug-likeness (QED) is 0.171. The number of aromatic nitrogens is 7. The fourth-order valence-corrected chi connectivity index (χ4v) is 8.71. The number of fused-ring (bicyclic) bond motifs is 6. The maximum atomic E-state index is 5.11. The number of rotatable bonds is 6. The zero-order valence-electron chi connectivity index (χ0n) is 29.3. The van der Waals surface area contributed by atoms with Crippen LogP contribution in [0.15, 0.2) is 176 Å². The molecule has 8 heteroatoms. The third kappa shape index (κ3) is 5.07. The van der Waals surface area contributed by atoms with E-state index in [1.165, 1.54) is 5.39 Å². The zero-order chi connectivity index (χ0) is 36.3. The third-order valence-corrected chi connectivity index (χ3v) is 11.2. The van der Waals surface area contributed by atoms with Gasteiger partial charge in [0.15, 0.2) is 11.6 Å². The SMILES string of the molecule is c1ccc(-c2nc(-c3ccccc3)nc(-n3c4ccccc4c4c(-c5nnc(-c6cccc7c6c6ccccc6n7-c6ccccc6)s5)cccc43)n2)cc1. The van der Waals surface area contributed by atoms with Crippen LogP contribution < -0.4 is 0 Å². The molecule has 0 spiro atoms. The molecule has 0 aliphatic carbocycles. The van der Waals surface area contributed by atoms with E-state index in [1.807, 2.05) is 60.7 Å². The van der Waals surface area contributed by atoms with Crippen molar-refractivity contribution < 1.29 is 0 Å². The molecule has 4 aromatic heterocycles. The molecule has 0 aliphatic heterocycles. The number of hydrogen-bond acceptors (Lipinski definition) is 6. The molecule has 0 N–H and O–H groups in total. The predicted molar refractivity (Wildman–Crippen MR) is 224 cm³/mol. The third-order valence-electron chi connectivity index (χ3n) is 10.2. The maximum Gasteiger partial charge on any atom is 0.238 e. The maximum absolute atomic E-state index is 5.11. The summed E-state index contributed by atoms with van der Waals surface area (Å²) in [6.45, 7) is 0. The lowest BCUT2D eigenvalue weighted by molar-refractivity contribution is 0.953. The number of benzene rings is 7. The highest BCUT2D eigenvalue weighted by Gasteiger charge is 2.23. The van der Waals surface area contributed by atoms with Gasteiger partial charge < -0.3 is 4.57 Å².